The average Bonchev–Trinajstić information content (AvgIpc) is 2.69. The first-order valence-electron chi connectivity index (χ1n) is 6.84. The molecule has 19 heavy (non-hydrogen) atoms. The van der Waals surface area contributed by atoms with Gasteiger partial charge >= 0.3 is 0 Å². The molecule has 104 valence electrons. The molecule has 1 fully saturated rings. The molecule has 0 aliphatic carbocycles. The minimum absolute atomic E-state index is 0.206. The Bertz CT molecular complexity index is 447. The van der Waals surface area contributed by atoms with Crippen LogP contribution in [0.15, 0.2) is 12.1 Å². The third kappa shape index (κ3) is 2.82. The SMILES string of the molecule is Fc1ccc2c(c1CN1CCNCC1)OCCCO2. The molecular weight excluding hydrogens is 247 g/mol. The van der Waals surface area contributed by atoms with E-state index in [0.29, 0.717) is 36.8 Å². The number of fused-ring (bicyclic) bond motifs is 1. The molecule has 2 aliphatic heterocycles. The first-order chi connectivity index (χ1) is 9.34. The van der Waals surface area contributed by atoms with Crippen LogP contribution < -0.4 is 14.8 Å². The molecule has 4 nitrogen and oxygen atoms in total. The number of rotatable bonds is 2. The van der Waals surface area contributed by atoms with Crippen molar-refractivity contribution in [3.8, 4) is 11.5 Å². The van der Waals surface area contributed by atoms with Crippen LogP contribution >= 0.6 is 0 Å². The molecule has 0 atom stereocenters. The fourth-order valence-electron chi connectivity index (χ4n) is 2.51. The summed E-state index contributed by atoms with van der Waals surface area (Å²) in [5, 5.41) is 3.30. The number of benzene rings is 1. The summed E-state index contributed by atoms with van der Waals surface area (Å²) in [5.74, 6) is 1.06. The average molecular weight is 266 g/mol. The summed E-state index contributed by atoms with van der Waals surface area (Å²) >= 11 is 0. The summed E-state index contributed by atoms with van der Waals surface area (Å²) in [6.07, 6.45) is 0.837. The van der Waals surface area contributed by atoms with Gasteiger partial charge in [-0.05, 0) is 12.1 Å². The molecule has 5 heteroatoms. The Balaban J connectivity index is 1.86. The van der Waals surface area contributed by atoms with E-state index in [2.05, 4.69) is 10.2 Å². The van der Waals surface area contributed by atoms with Gasteiger partial charge in [-0.3, -0.25) is 4.90 Å². The Labute approximate surface area is 112 Å². The summed E-state index contributed by atoms with van der Waals surface area (Å²) in [6, 6.07) is 3.14. The normalized spacial score (nSPS) is 20.1. The Morgan fingerprint density at radius 2 is 1.95 bits per heavy atom. The van der Waals surface area contributed by atoms with Crippen LogP contribution in [0.2, 0.25) is 0 Å². The molecule has 1 aromatic carbocycles. The van der Waals surface area contributed by atoms with Gasteiger partial charge in [0.1, 0.15) is 5.82 Å². The molecule has 1 N–H and O–H groups in total. The van der Waals surface area contributed by atoms with Crippen molar-refractivity contribution < 1.29 is 13.9 Å². The van der Waals surface area contributed by atoms with Crippen LogP contribution in [0, 0.1) is 5.82 Å². The van der Waals surface area contributed by atoms with Gasteiger partial charge in [-0.2, -0.15) is 0 Å². The Morgan fingerprint density at radius 1 is 1.16 bits per heavy atom. The lowest BCUT2D eigenvalue weighted by molar-refractivity contribution is 0.224. The highest BCUT2D eigenvalue weighted by Crippen LogP contribution is 2.35. The zero-order chi connectivity index (χ0) is 13.1. The fourth-order valence-corrected chi connectivity index (χ4v) is 2.51. The van der Waals surface area contributed by atoms with Crippen LogP contribution in [0.4, 0.5) is 4.39 Å². The van der Waals surface area contributed by atoms with Crippen molar-refractivity contribution in [2.45, 2.75) is 13.0 Å². The summed E-state index contributed by atoms with van der Waals surface area (Å²) in [5.41, 5.74) is 0.626. The minimum atomic E-state index is -0.206. The molecule has 0 unspecified atom stereocenters. The molecule has 0 bridgehead atoms. The second-order valence-corrected chi connectivity index (χ2v) is 4.93. The predicted molar refractivity (Wildman–Crippen MR) is 70.2 cm³/mol. The smallest absolute Gasteiger partial charge is 0.168 e. The predicted octanol–water partition coefficient (Wildman–Crippen LogP) is 1.39. The maximum atomic E-state index is 14.1. The van der Waals surface area contributed by atoms with Gasteiger partial charge in [0.25, 0.3) is 0 Å². The number of piperazine rings is 1. The van der Waals surface area contributed by atoms with Gasteiger partial charge in [-0.1, -0.05) is 0 Å². The second kappa shape index (κ2) is 5.75. The van der Waals surface area contributed by atoms with Crippen molar-refractivity contribution in [2.24, 2.45) is 0 Å². The van der Waals surface area contributed by atoms with Crippen molar-refractivity contribution in [3.05, 3.63) is 23.5 Å². The lowest BCUT2D eigenvalue weighted by Crippen LogP contribution is -2.43. The van der Waals surface area contributed by atoms with E-state index in [-0.39, 0.29) is 5.82 Å². The number of nitrogens with zero attached hydrogens (tertiary/aromatic N) is 1. The van der Waals surface area contributed by atoms with Gasteiger partial charge in [-0.15, -0.1) is 0 Å². The molecule has 1 aromatic rings. The van der Waals surface area contributed by atoms with E-state index < -0.39 is 0 Å². The summed E-state index contributed by atoms with van der Waals surface area (Å²) < 4.78 is 25.4. The highest BCUT2D eigenvalue weighted by atomic mass is 19.1. The monoisotopic (exact) mass is 266 g/mol. The van der Waals surface area contributed by atoms with E-state index in [1.165, 1.54) is 6.07 Å². The zero-order valence-electron chi connectivity index (χ0n) is 11.0. The van der Waals surface area contributed by atoms with Gasteiger partial charge in [0.05, 0.1) is 13.2 Å². The van der Waals surface area contributed by atoms with Crippen molar-refractivity contribution >= 4 is 0 Å². The van der Waals surface area contributed by atoms with Crippen LogP contribution in [0.3, 0.4) is 0 Å². The van der Waals surface area contributed by atoms with E-state index >= 15 is 0 Å². The van der Waals surface area contributed by atoms with Crippen molar-refractivity contribution in [2.75, 3.05) is 39.4 Å². The summed E-state index contributed by atoms with van der Waals surface area (Å²) in [4.78, 5) is 2.24. The molecule has 3 rings (SSSR count). The lowest BCUT2D eigenvalue weighted by Gasteiger charge is -2.28. The minimum Gasteiger partial charge on any atom is -0.490 e. The Kier molecular flexibility index (Phi) is 3.84. The summed E-state index contributed by atoms with van der Waals surface area (Å²) in [6.45, 7) is 5.58. The van der Waals surface area contributed by atoms with Crippen LogP contribution in [0.5, 0.6) is 11.5 Å². The van der Waals surface area contributed by atoms with Gasteiger partial charge < -0.3 is 14.8 Å². The van der Waals surface area contributed by atoms with E-state index in [4.69, 9.17) is 9.47 Å². The van der Waals surface area contributed by atoms with Gasteiger partial charge in [0, 0.05) is 44.7 Å². The fraction of sp³-hybridized carbons (Fsp3) is 0.571. The van der Waals surface area contributed by atoms with E-state index in [1.807, 2.05) is 0 Å². The van der Waals surface area contributed by atoms with Crippen LogP contribution in [-0.2, 0) is 6.54 Å². The largest absolute Gasteiger partial charge is 0.490 e. The molecule has 1 saturated heterocycles. The first kappa shape index (κ1) is 12.7. The van der Waals surface area contributed by atoms with Crippen LogP contribution in [-0.4, -0.2) is 44.3 Å². The van der Waals surface area contributed by atoms with Crippen molar-refractivity contribution in [3.63, 3.8) is 0 Å². The highest BCUT2D eigenvalue weighted by molar-refractivity contribution is 5.47. The number of ether oxygens (including phenoxy) is 2. The van der Waals surface area contributed by atoms with Crippen molar-refractivity contribution in [1.29, 1.82) is 0 Å². The van der Waals surface area contributed by atoms with Gasteiger partial charge in [0.15, 0.2) is 11.5 Å². The zero-order valence-corrected chi connectivity index (χ0v) is 11.0. The maximum absolute atomic E-state index is 14.1. The first-order valence-corrected chi connectivity index (χ1v) is 6.84. The molecule has 0 radical (unpaired) electrons. The topological polar surface area (TPSA) is 33.7 Å². The third-order valence-corrected chi connectivity index (χ3v) is 3.55. The van der Waals surface area contributed by atoms with E-state index in [0.717, 1.165) is 32.6 Å². The van der Waals surface area contributed by atoms with E-state index in [1.54, 1.807) is 6.07 Å². The number of nitrogens with one attached hydrogen (secondary N) is 1. The van der Waals surface area contributed by atoms with Crippen molar-refractivity contribution in [1.82, 2.24) is 10.2 Å². The summed E-state index contributed by atoms with van der Waals surface area (Å²) in [7, 11) is 0. The molecule has 0 aromatic heterocycles. The third-order valence-electron chi connectivity index (χ3n) is 3.55. The molecule has 0 saturated carbocycles. The Morgan fingerprint density at radius 3 is 2.79 bits per heavy atom. The quantitative estimate of drug-likeness (QED) is 0.877. The van der Waals surface area contributed by atoms with Crippen LogP contribution in [0.25, 0.3) is 0 Å². The lowest BCUT2D eigenvalue weighted by atomic mass is 10.1. The maximum Gasteiger partial charge on any atom is 0.168 e. The highest BCUT2D eigenvalue weighted by Gasteiger charge is 2.21. The molecule has 2 aliphatic rings. The van der Waals surface area contributed by atoms with Gasteiger partial charge in [0.2, 0.25) is 0 Å². The number of hydrogen-bond donors (Lipinski definition) is 1. The molecule has 0 spiro atoms. The number of hydrogen-bond acceptors (Lipinski definition) is 4. The number of halogens is 1. The standard InChI is InChI=1S/C14H19FN2O2/c15-12-2-3-13-14(19-9-1-8-18-13)11(12)10-17-6-4-16-5-7-17/h2-3,16H,1,4-10H2. The molecule has 2 heterocycles. The Hall–Kier alpha value is -1.33. The molecule has 0 amide bonds. The van der Waals surface area contributed by atoms with E-state index in [9.17, 15) is 4.39 Å². The second-order valence-electron chi connectivity index (χ2n) is 4.93. The van der Waals surface area contributed by atoms with Gasteiger partial charge in [-0.25, -0.2) is 4.39 Å². The molecular formula is C14H19FN2O2. The van der Waals surface area contributed by atoms with Crippen LogP contribution in [0.1, 0.15) is 12.0 Å².